The van der Waals surface area contributed by atoms with Crippen molar-refractivity contribution in [3.05, 3.63) is 108 Å². The molecule has 0 aliphatic rings. The molecule has 0 saturated carbocycles. The molecule has 30 heavy (non-hydrogen) atoms. The molecule has 0 aliphatic carbocycles. The lowest BCUT2D eigenvalue weighted by molar-refractivity contribution is -0.121. The molecule has 4 aromatic rings. The number of carbonyl (C=O) groups is 1. The number of aromatic nitrogens is 3. The van der Waals surface area contributed by atoms with Gasteiger partial charge < -0.3 is 5.32 Å². The summed E-state index contributed by atoms with van der Waals surface area (Å²) in [7, 11) is 1.90. The number of pyridine rings is 1. The van der Waals surface area contributed by atoms with E-state index in [1.165, 1.54) is 0 Å². The van der Waals surface area contributed by atoms with Gasteiger partial charge in [-0.2, -0.15) is 5.10 Å². The van der Waals surface area contributed by atoms with Crippen LogP contribution in [0.15, 0.2) is 91.4 Å². The maximum absolute atomic E-state index is 12.8. The lowest BCUT2D eigenvalue weighted by Crippen LogP contribution is -2.25. The smallest absolute Gasteiger partial charge is 0.221 e. The molecule has 0 atom stereocenters. The molecule has 0 bridgehead atoms. The summed E-state index contributed by atoms with van der Waals surface area (Å²) in [5.41, 5.74) is 5.20. The van der Waals surface area contributed by atoms with Gasteiger partial charge in [-0.1, -0.05) is 60.7 Å². The Kier molecular flexibility index (Phi) is 5.99. The monoisotopic (exact) mass is 396 g/mol. The van der Waals surface area contributed by atoms with Gasteiger partial charge in [0, 0.05) is 50.1 Å². The molecular formula is C25H24N4O. The fourth-order valence-electron chi connectivity index (χ4n) is 3.64. The predicted octanol–water partition coefficient (Wildman–Crippen LogP) is 4.32. The van der Waals surface area contributed by atoms with Crippen LogP contribution in [0.25, 0.3) is 11.3 Å². The van der Waals surface area contributed by atoms with Crippen LogP contribution in [0.3, 0.4) is 0 Å². The highest BCUT2D eigenvalue weighted by Gasteiger charge is 2.18. The zero-order valence-corrected chi connectivity index (χ0v) is 16.9. The molecule has 5 heteroatoms. The van der Waals surface area contributed by atoms with Gasteiger partial charge in [0.15, 0.2) is 0 Å². The van der Waals surface area contributed by atoms with Gasteiger partial charge in [-0.05, 0) is 28.8 Å². The number of hydrogen-bond acceptors (Lipinski definition) is 3. The Bertz CT molecular complexity index is 1070. The number of benzene rings is 2. The third-order valence-corrected chi connectivity index (χ3v) is 5.19. The molecule has 0 radical (unpaired) electrons. The molecule has 2 aromatic carbocycles. The normalized spacial score (nSPS) is 10.9. The zero-order valence-electron chi connectivity index (χ0n) is 16.9. The van der Waals surface area contributed by atoms with Crippen molar-refractivity contribution in [2.75, 3.05) is 0 Å². The van der Waals surface area contributed by atoms with Crippen molar-refractivity contribution >= 4 is 5.91 Å². The first kappa shape index (κ1) is 19.6. The number of nitrogens with one attached hydrogen (secondary N) is 1. The van der Waals surface area contributed by atoms with E-state index in [1.54, 1.807) is 12.4 Å². The highest BCUT2D eigenvalue weighted by Crippen LogP contribution is 2.27. The molecule has 4 rings (SSSR count). The Morgan fingerprint density at radius 2 is 1.63 bits per heavy atom. The van der Waals surface area contributed by atoms with Crippen LogP contribution in [0.2, 0.25) is 0 Å². The Morgan fingerprint density at radius 3 is 2.23 bits per heavy atom. The lowest BCUT2D eigenvalue weighted by Gasteiger charge is -2.18. The first-order chi connectivity index (χ1) is 14.7. The number of carbonyl (C=O) groups excluding carboxylic acids is 1. The van der Waals surface area contributed by atoms with Gasteiger partial charge >= 0.3 is 0 Å². The van der Waals surface area contributed by atoms with Crippen molar-refractivity contribution in [3.8, 4) is 11.3 Å². The number of amides is 1. The molecule has 0 unspecified atom stereocenters. The van der Waals surface area contributed by atoms with Gasteiger partial charge in [0.25, 0.3) is 0 Å². The Hall–Kier alpha value is -3.73. The minimum absolute atomic E-state index is 0.0126. The van der Waals surface area contributed by atoms with Crippen LogP contribution in [0.1, 0.15) is 29.0 Å². The van der Waals surface area contributed by atoms with Crippen molar-refractivity contribution in [1.29, 1.82) is 0 Å². The quantitative estimate of drug-likeness (QED) is 0.506. The fourth-order valence-corrected chi connectivity index (χ4v) is 3.64. The topological polar surface area (TPSA) is 59.8 Å². The first-order valence-electron chi connectivity index (χ1n) is 9.99. The predicted molar refractivity (Wildman–Crippen MR) is 118 cm³/mol. The summed E-state index contributed by atoms with van der Waals surface area (Å²) in [6, 6.07) is 24.3. The van der Waals surface area contributed by atoms with Gasteiger partial charge in [-0.25, -0.2) is 0 Å². The van der Waals surface area contributed by atoms with E-state index >= 15 is 0 Å². The maximum atomic E-state index is 12.8. The van der Waals surface area contributed by atoms with E-state index in [0.29, 0.717) is 13.0 Å². The summed E-state index contributed by atoms with van der Waals surface area (Å²) >= 11 is 0. The van der Waals surface area contributed by atoms with E-state index in [1.807, 2.05) is 66.5 Å². The minimum atomic E-state index is 0.0126. The van der Waals surface area contributed by atoms with Crippen molar-refractivity contribution in [2.45, 2.75) is 18.9 Å². The molecule has 0 aliphatic heterocycles. The van der Waals surface area contributed by atoms with Gasteiger partial charge in [0.05, 0.1) is 5.69 Å². The minimum Gasteiger partial charge on any atom is -0.352 e. The van der Waals surface area contributed by atoms with E-state index in [4.69, 9.17) is 0 Å². The number of hydrogen-bond donors (Lipinski definition) is 1. The van der Waals surface area contributed by atoms with Crippen LogP contribution < -0.4 is 5.32 Å². The molecule has 150 valence electrons. The van der Waals surface area contributed by atoms with E-state index < -0.39 is 0 Å². The second-order valence-corrected chi connectivity index (χ2v) is 7.28. The molecule has 0 fully saturated rings. The molecule has 0 spiro atoms. The van der Waals surface area contributed by atoms with Crippen LogP contribution in [-0.2, 0) is 18.4 Å². The molecule has 1 N–H and O–H groups in total. The summed E-state index contributed by atoms with van der Waals surface area (Å²) < 4.78 is 1.81. The third kappa shape index (κ3) is 4.63. The summed E-state index contributed by atoms with van der Waals surface area (Å²) in [4.78, 5) is 17.1. The van der Waals surface area contributed by atoms with E-state index in [9.17, 15) is 4.79 Å². The molecule has 5 nitrogen and oxygen atoms in total. The number of rotatable bonds is 7. The summed E-state index contributed by atoms with van der Waals surface area (Å²) in [6.07, 6.45) is 5.75. The van der Waals surface area contributed by atoms with Gasteiger partial charge in [0.2, 0.25) is 5.91 Å². The zero-order chi connectivity index (χ0) is 20.8. The highest BCUT2D eigenvalue weighted by atomic mass is 16.1. The average Bonchev–Trinajstić information content (AvgIpc) is 3.23. The van der Waals surface area contributed by atoms with Crippen LogP contribution in [0.4, 0.5) is 0 Å². The van der Waals surface area contributed by atoms with Crippen LogP contribution >= 0.6 is 0 Å². The molecule has 0 saturated heterocycles. The standard InChI is InChI=1S/C25H24N4O/c1-29-24(12-13-28-29)22-14-19(16-26-18-22)17-27-25(30)15-23(20-8-4-2-5-9-20)21-10-6-3-7-11-21/h2-14,16,18,23H,15,17H2,1H3,(H,27,30). The van der Waals surface area contributed by atoms with Crippen LogP contribution in [0.5, 0.6) is 0 Å². The maximum Gasteiger partial charge on any atom is 0.221 e. The van der Waals surface area contributed by atoms with Crippen molar-refractivity contribution in [2.24, 2.45) is 7.05 Å². The van der Waals surface area contributed by atoms with Crippen LogP contribution in [-0.4, -0.2) is 20.7 Å². The Balaban J connectivity index is 1.45. The third-order valence-electron chi connectivity index (χ3n) is 5.19. The van der Waals surface area contributed by atoms with Gasteiger partial charge in [-0.3, -0.25) is 14.5 Å². The number of nitrogens with zero attached hydrogens (tertiary/aromatic N) is 3. The lowest BCUT2D eigenvalue weighted by atomic mass is 9.88. The summed E-state index contributed by atoms with van der Waals surface area (Å²) in [6.45, 7) is 0.438. The summed E-state index contributed by atoms with van der Waals surface area (Å²) in [5.74, 6) is 0.0324. The molecule has 1 amide bonds. The van der Waals surface area contributed by atoms with E-state index in [0.717, 1.165) is 27.9 Å². The highest BCUT2D eigenvalue weighted by molar-refractivity contribution is 5.77. The molecule has 2 heterocycles. The van der Waals surface area contributed by atoms with Crippen LogP contribution in [0, 0.1) is 0 Å². The largest absolute Gasteiger partial charge is 0.352 e. The van der Waals surface area contributed by atoms with Crippen molar-refractivity contribution in [1.82, 2.24) is 20.1 Å². The molecular weight excluding hydrogens is 372 g/mol. The Morgan fingerprint density at radius 1 is 0.967 bits per heavy atom. The molecule has 2 aromatic heterocycles. The SMILES string of the molecule is Cn1nccc1-c1cncc(CNC(=O)CC(c2ccccc2)c2ccccc2)c1. The van der Waals surface area contributed by atoms with Crippen molar-refractivity contribution in [3.63, 3.8) is 0 Å². The second-order valence-electron chi connectivity index (χ2n) is 7.28. The second kappa shape index (κ2) is 9.18. The number of aryl methyl sites for hydroxylation is 1. The fraction of sp³-hybridized carbons (Fsp3) is 0.160. The first-order valence-corrected chi connectivity index (χ1v) is 9.99. The van der Waals surface area contributed by atoms with Crippen molar-refractivity contribution < 1.29 is 4.79 Å². The van der Waals surface area contributed by atoms with Gasteiger partial charge in [-0.15, -0.1) is 0 Å². The van der Waals surface area contributed by atoms with Gasteiger partial charge in [0.1, 0.15) is 0 Å². The Labute approximate surface area is 176 Å². The average molecular weight is 396 g/mol. The van der Waals surface area contributed by atoms with E-state index in [2.05, 4.69) is 39.7 Å². The summed E-state index contributed by atoms with van der Waals surface area (Å²) in [5, 5.41) is 7.26. The van der Waals surface area contributed by atoms with E-state index in [-0.39, 0.29) is 11.8 Å².